The van der Waals surface area contributed by atoms with E-state index in [1.807, 2.05) is 19.0 Å². The lowest BCUT2D eigenvalue weighted by molar-refractivity contribution is -0.0586. The van der Waals surface area contributed by atoms with Crippen LogP contribution in [-0.4, -0.2) is 58.3 Å². The van der Waals surface area contributed by atoms with Crippen LogP contribution in [-0.2, 0) is 0 Å². The van der Waals surface area contributed by atoms with Crippen molar-refractivity contribution in [3.8, 4) is 5.88 Å². The molecular weight excluding hydrogens is 342 g/mol. The molecule has 2 aromatic heterocycles. The summed E-state index contributed by atoms with van der Waals surface area (Å²) in [4.78, 5) is 25.6. The molecule has 0 aromatic carbocycles. The van der Waals surface area contributed by atoms with Crippen LogP contribution in [0.1, 0.15) is 36.0 Å². The second-order valence-corrected chi connectivity index (χ2v) is 6.81. The molecule has 0 atom stereocenters. The first-order valence-electron chi connectivity index (χ1n) is 8.58. The van der Waals surface area contributed by atoms with Gasteiger partial charge in [0.25, 0.3) is 0 Å². The fourth-order valence-electron chi connectivity index (χ4n) is 2.97. The normalized spacial score (nSPS) is 18.0. The molecular formula is C18H22F2N4O2. The summed E-state index contributed by atoms with van der Waals surface area (Å²) in [7, 11) is 3.82. The van der Waals surface area contributed by atoms with Crippen molar-refractivity contribution < 1.29 is 18.3 Å². The highest BCUT2D eigenvalue weighted by molar-refractivity contribution is 6.13. The molecule has 8 heteroatoms. The molecule has 1 aliphatic rings. The fourth-order valence-corrected chi connectivity index (χ4v) is 2.97. The van der Waals surface area contributed by atoms with Crippen LogP contribution in [0.2, 0.25) is 0 Å². The van der Waals surface area contributed by atoms with Gasteiger partial charge in [-0.15, -0.1) is 0 Å². The number of hydrogen-bond acceptors (Lipinski definition) is 5. The summed E-state index contributed by atoms with van der Waals surface area (Å²) in [6, 6.07) is 0. The molecule has 6 nitrogen and oxygen atoms in total. The summed E-state index contributed by atoms with van der Waals surface area (Å²) >= 11 is 0. The van der Waals surface area contributed by atoms with E-state index >= 15 is 0 Å². The molecule has 0 saturated heterocycles. The number of nitrogens with one attached hydrogen (secondary N) is 1. The van der Waals surface area contributed by atoms with Crippen LogP contribution in [0.4, 0.5) is 8.78 Å². The number of rotatable bonds is 6. The van der Waals surface area contributed by atoms with E-state index < -0.39 is 5.92 Å². The molecule has 0 unspecified atom stereocenters. The predicted octanol–water partition coefficient (Wildman–Crippen LogP) is 3.22. The molecule has 3 rings (SSSR count). The van der Waals surface area contributed by atoms with Gasteiger partial charge >= 0.3 is 0 Å². The van der Waals surface area contributed by atoms with E-state index in [0.717, 1.165) is 0 Å². The Bertz CT molecular complexity index is 807. The molecule has 0 aliphatic heterocycles. The topological polar surface area (TPSA) is 71.1 Å². The number of nitrogens with zero attached hydrogens (tertiary/aromatic N) is 3. The Balaban J connectivity index is 1.82. The third-order valence-corrected chi connectivity index (χ3v) is 4.38. The number of fused-ring (bicyclic) bond motifs is 1. The zero-order chi connectivity index (χ0) is 18.7. The average molecular weight is 364 g/mol. The highest BCUT2D eigenvalue weighted by Crippen LogP contribution is 2.36. The number of likely N-dealkylation sites (N-methyl/N-ethyl adjacent to an activating group) is 1. The van der Waals surface area contributed by atoms with Gasteiger partial charge in [0.1, 0.15) is 18.1 Å². The Morgan fingerprint density at radius 3 is 2.81 bits per heavy atom. The zero-order valence-corrected chi connectivity index (χ0v) is 14.8. The average Bonchev–Trinajstić information content (AvgIpc) is 3.01. The highest BCUT2D eigenvalue weighted by atomic mass is 19.3. The zero-order valence-electron chi connectivity index (χ0n) is 14.8. The Kier molecular flexibility index (Phi) is 5.31. The van der Waals surface area contributed by atoms with E-state index in [2.05, 4.69) is 15.0 Å². The molecule has 0 radical (unpaired) electrons. The van der Waals surface area contributed by atoms with Crippen LogP contribution < -0.4 is 4.74 Å². The molecule has 0 spiro atoms. The summed E-state index contributed by atoms with van der Waals surface area (Å²) in [5.41, 5.74) is 0.896. The van der Waals surface area contributed by atoms with Crippen molar-refractivity contribution in [2.75, 3.05) is 20.6 Å². The number of allylic oxidation sites excluding steroid dienone is 1. The smallest absolute Gasteiger partial charge is 0.248 e. The SMILES string of the molecule is CN(C)CC=CC(=O)c1c[nH]c2ncnc(OC3CCC(F)(F)CC3)c12. The van der Waals surface area contributed by atoms with Crippen LogP contribution in [0.25, 0.3) is 11.0 Å². The molecule has 26 heavy (non-hydrogen) atoms. The number of carbonyl (C=O) groups is 1. The second kappa shape index (κ2) is 7.49. The van der Waals surface area contributed by atoms with Gasteiger partial charge in [-0.2, -0.15) is 0 Å². The number of ketones is 1. The van der Waals surface area contributed by atoms with E-state index in [-0.39, 0.29) is 43.5 Å². The van der Waals surface area contributed by atoms with Crippen LogP contribution in [0, 0.1) is 0 Å². The summed E-state index contributed by atoms with van der Waals surface area (Å²) in [5, 5.41) is 0.490. The van der Waals surface area contributed by atoms with Gasteiger partial charge in [0.05, 0.1) is 10.9 Å². The van der Waals surface area contributed by atoms with E-state index in [9.17, 15) is 13.6 Å². The summed E-state index contributed by atoms with van der Waals surface area (Å²) < 4.78 is 32.5. The lowest BCUT2D eigenvalue weighted by Gasteiger charge is -2.28. The van der Waals surface area contributed by atoms with E-state index in [4.69, 9.17) is 4.74 Å². The fraction of sp³-hybridized carbons (Fsp3) is 0.500. The van der Waals surface area contributed by atoms with Gasteiger partial charge in [-0.3, -0.25) is 4.79 Å². The van der Waals surface area contributed by atoms with Crippen LogP contribution in [0.15, 0.2) is 24.7 Å². The molecule has 0 bridgehead atoms. The Hall–Kier alpha value is -2.35. The largest absolute Gasteiger partial charge is 0.474 e. The summed E-state index contributed by atoms with van der Waals surface area (Å²) in [6.45, 7) is 0.643. The maximum Gasteiger partial charge on any atom is 0.248 e. The van der Waals surface area contributed by atoms with Crippen molar-refractivity contribution in [3.05, 3.63) is 30.2 Å². The summed E-state index contributed by atoms with van der Waals surface area (Å²) in [6.07, 6.45) is 5.97. The first-order valence-corrected chi connectivity index (χ1v) is 8.58. The van der Waals surface area contributed by atoms with Crippen molar-refractivity contribution >= 4 is 16.8 Å². The number of ether oxygens (including phenoxy) is 1. The van der Waals surface area contributed by atoms with E-state index in [1.165, 1.54) is 12.4 Å². The monoisotopic (exact) mass is 364 g/mol. The third-order valence-electron chi connectivity index (χ3n) is 4.38. The number of carbonyl (C=O) groups excluding carboxylic acids is 1. The predicted molar refractivity (Wildman–Crippen MR) is 93.7 cm³/mol. The van der Waals surface area contributed by atoms with Crippen molar-refractivity contribution in [2.24, 2.45) is 0 Å². The molecule has 0 amide bonds. The van der Waals surface area contributed by atoms with Gasteiger partial charge in [-0.05, 0) is 33.0 Å². The molecule has 1 N–H and O–H groups in total. The molecule has 1 aliphatic carbocycles. The van der Waals surface area contributed by atoms with Crippen LogP contribution in [0.5, 0.6) is 5.88 Å². The molecule has 1 fully saturated rings. The quantitative estimate of drug-likeness (QED) is 0.629. The van der Waals surface area contributed by atoms with Crippen LogP contribution in [0.3, 0.4) is 0 Å². The van der Waals surface area contributed by atoms with Crippen molar-refractivity contribution in [2.45, 2.75) is 37.7 Å². The number of aromatic nitrogens is 3. The van der Waals surface area contributed by atoms with Crippen molar-refractivity contribution in [1.82, 2.24) is 19.9 Å². The van der Waals surface area contributed by atoms with E-state index in [0.29, 0.717) is 23.1 Å². The number of hydrogen-bond donors (Lipinski definition) is 1. The molecule has 1 saturated carbocycles. The third kappa shape index (κ3) is 4.24. The maximum atomic E-state index is 13.3. The molecule has 2 aromatic rings. The minimum Gasteiger partial charge on any atom is -0.474 e. The first-order chi connectivity index (χ1) is 12.4. The molecule has 2 heterocycles. The Morgan fingerprint density at radius 1 is 1.38 bits per heavy atom. The number of alkyl halides is 2. The number of halogens is 2. The van der Waals surface area contributed by atoms with Crippen molar-refractivity contribution in [1.29, 1.82) is 0 Å². The van der Waals surface area contributed by atoms with Gasteiger partial charge in [-0.25, -0.2) is 18.7 Å². The standard InChI is InChI=1S/C18H22F2N4O2/c1-24(2)9-3-4-14(25)13-10-21-16-15(13)17(23-11-22-16)26-12-5-7-18(19,20)8-6-12/h3-4,10-12H,5-9H2,1-2H3,(H,21,22,23). The first kappa shape index (κ1) is 18.4. The number of H-pyrrole nitrogens is 1. The van der Waals surface area contributed by atoms with E-state index in [1.54, 1.807) is 12.3 Å². The molecule has 140 valence electrons. The van der Waals surface area contributed by atoms with Crippen molar-refractivity contribution in [3.63, 3.8) is 0 Å². The van der Waals surface area contributed by atoms with Gasteiger partial charge in [0.15, 0.2) is 5.78 Å². The highest BCUT2D eigenvalue weighted by Gasteiger charge is 2.36. The summed E-state index contributed by atoms with van der Waals surface area (Å²) in [5.74, 6) is -2.54. The van der Waals surface area contributed by atoms with Gasteiger partial charge in [0, 0.05) is 25.6 Å². The second-order valence-electron chi connectivity index (χ2n) is 6.81. The Labute approximate surface area is 150 Å². The lowest BCUT2D eigenvalue weighted by Crippen LogP contribution is -2.31. The minimum atomic E-state index is -2.62. The Morgan fingerprint density at radius 2 is 2.12 bits per heavy atom. The van der Waals surface area contributed by atoms with Crippen LogP contribution >= 0.6 is 0 Å². The van der Waals surface area contributed by atoms with Gasteiger partial charge in [-0.1, -0.05) is 6.08 Å². The minimum absolute atomic E-state index is 0.187. The van der Waals surface area contributed by atoms with Gasteiger partial charge in [0.2, 0.25) is 11.8 Å². The number of aromatic amines is 1. The maximum absolute atomic E-state index is 13.3. The van der Waals surface area contributed by atoms with Gasteiger partial charge < -0.3 is 14.6 Å². The lowest BCUT2D eigenvalue weighted by atomic mass is 9.94.